The molecule has 1 rings (SSSR count). The van der Waals surface area contributed by atoms with Crippen LogP contribution in [0.25, 0.3) is 0 Å². The topological polar surface area (TPSA) is 66.8 Å². The number of hydrogen-bond acceptors (Lipinski definition) is 4. The smallest absolute Gasteiger partial charge is 0.311 e. The van der Waals surface area contributed by atoms with Crippen molar-refractivity contribution in [3.05, 3.63) is 0 Å². The maximum Gasteiger partial charge on any atom is 0.311 e. The predicted octanol–water partition coefficient (Wildman–Crippen LogP) is 1.08. The van der Waals surface area contributed by atoms with Gasteiger partial charge in [-0.2, -0.15) is 11.8 Å². The highest BCUT2D eigenvalue weighted by Crippen LogP contribution is 2.20. The van der Waals surface area contributed by atoms with E-state index in [1.54, 1.807) is 18.8 Å². The Bertz CT molecular complexity index is 298. The molecule has 1 saturated heterocycles. The zero-order valence-electron chi connectivity index (χ0n) is 10.9. The molecule has 0 aliphatic carbocycles. The van der Waals surface area contributed by atoms with Crippen LogP contribution in [0.2, 0.25) is 0 Å². The molecule has 1 N–H and O–H groups in total. The number of likely N-dealkylation sites (N-methyl/N-ethyl adjacent to an activating group) is 1. The molecule has 0 bridgehead atoms. The van der Waals surface area contributed by atoms with Crippen molar-refractivity contribution < 1.29 is 19.4 Å². The second kappa shape index (κ2) is 7.63. The number of hydrogen-bond donors (Lipinski definition) is 1. The third kappa shape index (κ3) is 4.17. The Hall–Kier alpha value is -0.750. The van der Waals surface area contributed by atoms with Gasteiger partial charge in [0.2, 0.25) is 5.91 Å². The van der Waals surface area contributed by atoms with Crippen molar-refractivity contribution >= 4 is 23.6 Å². The number of nitrogens with zero attached hydrogens (tertiary/aromatic N) is 1. The molecule has 1 heterocycles. The van der Waals surface area contributed by atoms with Gasteiger partial charge in [-0.05, 0) is 12.2 Å². The first-order chi connectivity index (χ1) is 8.57. The Kier molecular flexibility index (Phi) is 6.49. The van der Waals surface area contributed by atoms with Crippen LogP contribution in [0.5, 0.6) is 0 Å². The molecular weight excluding hydrogens is 254 g/mol. The third-order valence-corrected chi connectivity index (χ3v) is 4.15. The number of thioether (sulfide) groups is 1. The number of ether oxygens (including phenoxy) is 1. The van der Waals surface area contributed by atoms with Crippen molar-refractivity contribution in [1.29, 1.82) is 0 Å². The summed E-state index contributed by atoms with van der Waals surface area (Å²) in [6.07, 6.45) is 2.22. The quantitative estimate of drug-likeness (QED) is 0.704. The monoisotopic (exact) mass is 275 g/mol. The fourth-order valence-corrected chi connectivity index (χ4v) is 2.87. The molecule has 0 spiro atoms. The highest BCUT2D eigenvalue weighted by molar-refractivity contribution is 7.99. The summed E-state index contributed by atoms with van der Waals surface area (Å²) >= 11 is 1.60. The zero-order chi connectivity index (χ0) is 13.5. The van der Waals surface area contributed by atoms with Crippen molar-refractivity contribution in [3.63, 3.8) is 0 Å². The van der Waals surface area contributed by atoms with Crippen LogP contribution in [0.1, 0.15) is 19.8 Å². The van der Waals surface area contributed by atoms with E-state index in [9.17, 15) is 9.59 Å². The molecule has 1 amide bonds. The Morgan fingerprint density at radius 1 is 1.44 bits per heavy atom. The van der Waals surface area contributed by atoms with Crippen molar-refractivity contribution in [3.8, 4) is 0 Å². The lowest BCUT2D eigenvalue weighted by atomic mass is 10.0. The van der Waals surface area contributed by atoms with Gasteiger partial charge in [0.1, 0.15) is 5.92 Å². The maximum absolute atomic E-state index is 11.9. The molecule has 5 nitrogen and oxygen atoms in total. The number of carbonyl (C=O) groups is 2. The number of carboxylic acid groups (broad SMARTS) is 1. The standard InChI is InChI=1S/C12H21NO4S/c1-3-4-5-18-8-11(14)13(2)10-7-17-6-9(10)12(15)16/h9-10H,3-8H2,1-2H3,(H,15,16). The number of unbranched alkanes of at least 4 members (excludes halogenated alkanes) is 1. The Morgan fingerprint density at radius 3 is 2.78 bits per heavy atom. The third-order valence-electron chi connectivity index (χ3n) is 3.13. The minimum atomic E-state index is -0.893. The number of carboxylic acids is 1. The molecule has 0 aromatic rings. The summed E-state index contributed by atoms with van der Waals surface area (Å²) in [5.41, 5.74) is 0. The number of carbonyl (C=O) groups excluding carboxylic acids is 1. The Balaban J connectivity index is 2.40. The van der Waals surface area contributed by atoms with E-state index in [2.05, 4.69) is 6.92 Å². The molecule has 18 heavy (non-hydrogen) atoms. The van der Waals surface area contributed by atoms with Crippen LogP contribution in [0, 0.1) is 5.92 Å². The van der Waals surface area contributed by atoms with Crippen LogP contribution in [0.3, 0.4) is 0 Å². The molecule has 1 aliphatic rings. The van der Waals surface area contributed by atoms with Gasteiger partial charge in [0.15, 0.2) is 0 Å². The predicted molar refractivity (Wildman–Crippen MR) is 70.7 cm³/mol. The normalized spacial score (nSPS) is 23.0. The summed E-state index contributed by atoms with van der Waals surface area (Å²) in [5.74, 6) is -0.118. The van der Waals surface area contributed by atoms with Gasteiger partial charge in [0, 0.05) is 7.05 Å². The SMILES string of the molecule is CCCCSCC(=O)N(C)C1COCC1C(=O)O. The summed E-state index contributed by atoms with van der Waals surface area (Å²) in [6.45, 7) is 2.63. The van der Waals surface area contributed by atoms with Gasteiger partial charge in [-0.25, -0.2) is 0 Å². The van der Waals surface area contributed by atoms with Crippen LogP contribution < -0.4 is 0 Å². The first-order valence-corrected chi connectivity index (χ1v) is 7.37. The molecule has 0 aromatic heterocycles. The Labute approximate surface area is 112 Å². The fourth-order valence-electron chi connectivity index (χ4n) is 1.85. The first kappa shape index (κ1) is 15.3. The van der Waals surface area contributed by atoms with Crippen LogP contribution >= 0.6 is 11.8 Å². The van der Waals surface area contributed by atoms with E-state index in [4.69, 9.17) is 9.84 Å². The summed E-state index contributed by atoms with van der Waals surface area (Å²) in [6, 6.07) is -0.332. The van der Waals surface area contributed by atoms with Crippen LogP contribution in [0.15, 0.2) is 0 Å². The average molecular weight is 275 g/mol. The second-order valence-corrected chi connectivity index (χ2v) is 5.57. The average Bonchev–Trinajstić information content (AvgIpc) is 2.82. The molecule has 1 fully saturated rings. The van der Waals surface area contributed by atoms with Crippen molar-refractivity contribution in [2.75, 3.05) is 31.8 Å². The molecule has 0 radical (unpaired) electrons. The van der Waals surface area contributed by atoms with Crippen LogP contribution in [0.4, 0.5) is 0 Å². The number of aliphatic carboxylic acids is 1. The molecule has 0 saturated carbocycles. The highest BCUT2D eigenvalue weighted by Gasteiger charge is 2.38. The lowest BCUT2D eigenvalue weighted by Gasteiger charge is -2.26. The van der Waals surface area contributed by atoms with Gasteiger partial charge in [0.25, 0.3) is 0 Å². The van der Waals surface area contributed by atoms with Crippen LogP contribution in [-0.4, -0.2) is 59.7 Å². The summed E-state index contributed by atoms with van der Waals surface area (Å²) in [4.78, 5) is 24.5. The van der Waals surface area contributed by atoms with Gasteiger partial charge >= 0.3 is 5.97 Å². The van der Waals surface area contributed by atoms with Gasteiger partial charge in [-0.15, -0.1) is 0 Å². The lowest BCUT2D eigenvalue weighted by Crippen LogP contribution is -2.44. The molecule has 6 heteroatoms. The molecular formula is C12H21NO4S. The largest absolute Gasteiger partial charge is 0.481 e. The second-order valence-electron chi connectivity index (χ2n) is 4.46. The molecule has 104 valence electrons. The van der Waals surface area contributed by atoms with Crippen molar-refractivity contribution in [2.45, 2.75) is 25.8 Å². The molecule has 2 unspecified atom stereocenters. The summed E-state index contributed by atoms with van der Waals surface area (Å²) < 4.78 is 5.16. The zero-order valence-corrected chi connectivity index (χ0v) is 11.7. The van der Waals surface area contributed by atoms with Gasteiger partial charge in [0.05, 0.1) is 25.0 Å². The number of amides is 1. The van der Waals surface area contributed by atoms with Crippen LogP contribution in [-0.2, 0) is 14.3 Å². The van der Waals surface area contributed by atoms with E-state index in [0.29, 0.717) is 12.4 Å². The van der Waals surface area contributed by atoms with Gasteiger partial charge < -0.3 is 14.7 Å². The van der Waals surface area contributed by atoms with E-state index in [0.717, 1.165) is 18.6 Å². The molecule has 0 aromatic carbocycles. The lowest BCUT2D eigenvalue weighted by molar-refractivity contribution is -0.144. The van der Waals surface area contributed by atoms with Crippen molar-refractivity contribution in [1.82, 2.24) is 4.90 Å². The van der Waals surface area contributed by atoms with E-state index in [-0.39, 0.29) is 18.6 Å². The fraction of sp³-hybridized carbons (Fsp3) is 0.833. The van der Waals surface area contributed by atoms with Gasteiger partial charge in [-0.1, -0.05) is 13.3 Å². The van der Waals surface area contributed by atoms with E-state index in [1.165, 1.54) is 4.90 Å². The van der Waals surface area contributed by atoms with E-state index >= 15 is 0 Å². The number of rotatable bonds is 7. The van der Waals surface area contributed by atoms with Crippen molar-refractivity contribution in [2.24, 2.45) is 5.92 Å². The highest BCUT2D eigenvalue weighted by atomic mass is 32.2. The summed E-state index contributed by atoms with van der Waals surface area (Å²) in [5, 5.41) is 9.04. The van der Waals surface area contributed by atoms with E-state index < -0.39 is 11.9 Å². The molecule has 2 atom stereocenters. The Morgan fingerprint density at radius 2 is 2.17 bits per heavy atom. The minimum Gasteiger partial charge on any atom is -0.481 e. The van der Waals surface area contributed by atoms with Gasteiger partial charge in [-0.3, -0.25) is 9.59 Å². The summed E-state index contributed by atoms with van der Waals surface area (Å²) in [7, 11) is 1.66. The first-order valence-electron chi connectivity index (χ1n) is 6.21. The maximum atomic E-state index is 11.9. The molecule has 1 aliphatic heterocycles. The minimum absolute atomic E-state index is 0.0159. The van der Waals surface area contributed by atoms with E-state index in [1.807, 2.05) is 0 Å².